The highest BCUT2D eigenvalue weighted by molar-refractivity contribution is 6.00. The summed E-state index contributed by atoms with van der Waals surface area (Å²) in [6, 6.07) is 0. The number of carbonyl (C=O) groups is 1. The maximum absolute atomic E-state index is 12.2. The fourth-order valence-electron chi connectivity index (χ4n) is 5.78. The van der Waals surface area contributed by atoms with Gasteiger partial charge in [0.15, 0.2) is 5.78 Å². The van der Waals surface area contributed by atoms with Crippen molar-refractivity contribution in [3.8, 4) is 0 Å². The van der Waals surface area contributed by atoms with Crippen LogP contribution < -0.4 is 0 Å². The Morgan fingerprint density at radius 1 is 0.682 bits per heavy atom. The Kier molecular flexibility index (Phi) is 13.5. The Hall–Kier alpha value is -3.31. The predicted octanol–water partition coefficient (Wildman–Crippen LogP) is 8.70. The molecule has 0 spiro atoms. The first kappa shape index (κ1) is 36.9. The van der Waals surface area contributed by atoms with Crippen LogP contribution in [0.2, 0.25) is 0 Å². The first-order valence-electron chi connectivity index (χ1n) is 15.5. The number of aliphatic hydroxyl groups is 3. The van der Waals surface area contributed by atoms with E-state index in [1.54, 1.807) is 6.92 Å². The molecular weight excluding hydrogens is 544 g/mol. The van der Waals surface area contributed by atoms with E-state index >= 15 is 0 Å². The molecule has 44 heavy (non-hydrogen) atoms. The van der Waals surface area contributed by atoms with Crippen LogP contribution in [0.15, 0.2) is 130 Å². The summed E-state index contributed by atoms with van der Waals surface area (Å²) < 4.78 is 0. The van der Waals surface area contributed by atoms with E-state index in [0.717, 1.165) is 39.0 Å². The van der Waals surface area contributed by atoms with Crippen LogP contribution in [0.5, 0.6) is 0 Å². The van der Waals surface area contributed by atoms with Crippen LogP contribution in [0, 0.1) is 10.8 Å². The van der Waals surface area contributed by atoms with Gasteiger partial charge in [-0.15, -0.1) is 0 Å². The standard InChI is InChI=1S/C40H54O4/c1-27(17-13-19-29(3)21-23-33-31(5)25-35(41)38(44)40(33,9)10)15-11-12-16-28(2)18-14-20-30(4)22-24-34-32(6)37(43)36(42)26-39(34,7)8/h11-24,35-36,38,41-42,44H,25-26H2,1-10H3/b12-11+,17-13+,18-14+,23-21+,24-22+,27-15+,28-16+,29-19+,30-20+/t35-,36+,38?/m1/s1. The Labute approximate surface area is 266 Å². The van der Waals surface area contributed by atoms with Gasteiger partial charge in [0.2, 0.25) is 0 Å². The summed E-state index contributed by atoms with van der Waals surface area (Å²) in [5, 5.41) is 30.6. The number of aliphatic hydroxyl groups excluding tert-OH is 3. The number of hydrogen-bond donors (Lipinski definition) is 3. The third kappa shape index (κ3) is 10.4. The molecule has 238 valence electrons. The molecule has 0 fully saturated rings. The summed E-state index contributed by atoms with van der Waals surface area (Å²) in [5.74, 6) is -0.173. The predicted molar refractivity (Wildman–Crippen MR) is 186 cm³/mol. The molecule has 0 saturated heterocycles. The molecule has 0 aromatic carbocycles. The van der Waals surface area contributed by atoms with Gasteiger partial charge in [-0.3, -0.25) is 4.79 Å². The van der Waals surface area contributed by atoms with Crippen LogP contribution in [-0.2, 0) is 4.79 Å². The number of allylic oxidation sites excluding steroid dienone is 19. The lowest BCUT2D eigenvalue weighted by Crippen LogP contribution is -2.44. The molecule has 0 aromatic rings. The molecule has 2 rings (SSSR count). The fraction of sp³-hybridized carbons (Fsp3) is 0.425. The maximum atomic E-state index is 12.2. The first-order valence-corrected chi connectivity index (χ1v) is 15.5. The molecule has 0 saturated carbocycles. The zero-order valence-electron chi connectivity index (χ0n) is 28.5. The lowest BCUT2D eigenvalue weighted by Gasteiger charge is -2.40. The number of carbonyl (C=O) groups excluding carboxylic acids is 1. The van der Waals surface area contributed by atoms with Crippen molar-refractivity contribution < 1.29 is 20.1 Å². The molecule has 0 aliphatic heterocycles. The van der Waals surface area contributed by atoms with Crippen molar-refractivity contribution in [1.82, 2.24) is 0 Å². The van der Waals surface area contributed by atoms with E-state index < -0.39 is 23.7 Å². The summed E-state index contributed by atoms with van der Waals surface area (Å²) in [7, 11) is 0. The molecule has 4 nitrogen and oxygen atoms in total. The minimum absolute atomic E-state index is 0.173. The van der Waals surface area contributed by atoms with E-state index in [1.165, 1.54) is 0 Å². The number of hydrogen-bond acceptors (Lipinski definition) is 4. The highest BCUT2D eigenvalue weighted by atomic mass is 16.3. The van der Waals surface area contributed by atoms with E-state index in [1.807, 2.05) is 70.2 Å². The van der Waals surface area contributed by atoms with Gasteiger partial charge in [0, 0.05) is 5.41 Å². The van der Waals surface area contributed by atoms with Crippen molar-refractivity contribution in [3.05, 3.63) is 130 Å². The first-order chi connectivity index (χ1) is 20.5. The van der Waals surface area contributed by atoms with Crippen LogP contribution >= 0.6 is 0 Å². The maximum Gasteiger partial charge on any atom is 0.187 e. The van der Waals surface area contributed by atoms with Gasteiger partial charge in [0.1, 0.15) is 6.10 Å². The topological polar surface area (TPSA) is 77.8 Å². The Morgan fingerprint density at radius 3 is 1.61 bits per heavy atom. The quantitative estimate of drug-likeness (QED) is 0.220. The average Bonchev–Trinajstić information content (AvgIpc) is 2.92. The van der Waals surface area contributed by atoms with Gasteiger partial charge >= 0.3 is 0 Å². The van der Waals surface area contributed by atoms with Crippen molar-refractivity contribution in [1.29, 1.82) is 0 Å². The summed E-state index contributed by atoms with van der Waals surface area (Å²) in [5.41, 5.74) is 7.54. The summed E-state index contributed by atoms with van der Waals surface area (Å²) >= 11 is 0. The number of Topliss-reactive ketones (excluding diaryl/α,β-unsaturated/α-hetero) is 1. The van der Waals surface area contributed by atoms with Gasteiger partial charge in [0.25, 0.3) is 0 Å². The third-order valence-corrected chi connectivity index (χ3v) is 8.57. The van der Waals surface area contributed by atoms with E-state index in [2.05, 4.69) is 77.2 Å². The molecule has 0 aromatic heterocycles. The molecule has 0 amide bonds. The number of ketones is 1. The molecule has 3 N–H and O–H groups in total. The van der Waals surface area contributed by atoms with Crippen molar-refractivity contribution in [3.63, 3.8) is 0 Å². The Morgan fingerprint density at radius 2 is 1.11 bits per heavy atom. The molecule has 1 unspecified atom stereocenters. The van der Waals surface area contributed by atoms with Crippen LogP contribution in [0.3, 0.4) is 0 Å². The summed E-state index contributed by atoms with van der Waals surface area (Å²) in [4.78, 5) is 12.2. The lowest BCUT2D eigenvalue weighted by molar-refractivity contribution is -0.125. The second kappa shape index (κ2) is 16.1. The number of rotatable bonds is 10. The molecular formula is C40H54O4. The van der Waals surface area contributed by atoms with Gasteiger partial charge in [-0.1, -0.05) is 141 Å². The molecule has 0 heterocycles. The van der Waals surface area contributed by atoms with E-state index in [-0.39, 0.29) is 11.2 Å². The van der Waals surface area contributed by atoms with E-state index in [9.17, 15) is 20.1 Å². The zero-order chi connectivity index (χ0) is 33.2. The van der Waals surface area contributed by atoms with Crippen LogP contribution in [0.1, 0.15) is 82.1 Å². The summed E-state index contributed by atoms with van der Waals surface area (Å²) in [6.07, 6.45) is 27.2. The van der Waals surface area contributed by atoms with E-state index in [0.29, 0.717) is 18.4 Å². The highest BCUT2D eigenvalue weighted by Gasteiger charge is 2.40. The molecule has 0 bridgehead atoms. The minimum Gasteiger partial charge on any atom is -0.390 e. The van der Waals surface area contributed by atoms with Crippen LogP contribution in [0.4, 0.5) is 0 Å². The average molecular weight is 599 g/mol. The third-order valence-electron chi connectivity index (χ3n) is 8.57. The van der Waals surface area contributed by atoms with Crippen LogP contribution in [-0.4, -0.2) is 39.4 Å². The van der Waals surface area contributed by atoms with Crippen molar-refractivity contribution in [2.75, 3.05) is 0 Å². The Balaban J connectivity index is 1.94. The van der Waals surface area contributed by atoms with E-state index in [4.69, 9.17) is 0 Å². The SMILES string of the molecule is CC1=C(/C=C/C(C)=C/C=C/C(C)=C/C=C/C=C(C)/C=C/C=C(C)/C=C/C2=C(C)C(=O)[C@@H](O)CC2(C)C)C(C)(C)C(O)[C@H](O)C1. The minimum atomic E-state index is -0.905. The van der Waals surface area contributed by atoms with Crippen molar-refractivity contribution in [2.24, 2.45) is 10.8 Å². The van der Waals surface area contributed by atoms with Gasteiger partial charge in [-0.05, 0) is 76.5 Å². The molecule has 0 radical (unpaired) electrons. The van der Waals surface area contributed by atoms with Gasteiger partial charge in [0.05, 0.1) is 12.2 Å². The highest BCUT2D eigenvalue weighted by Crippen LogP contribution is 2.41. The van der Waals surface area contributed by atoms with Crippen molar-refractivity contribution in [2.45, 2.75) is 100 Å². The second-order valence-corrected chi connectivity index (χ2v) is 13.6. The zero-order valence-corrected chi connectivity index (χ0v) is 28.5. The van der Waals surface area contributed by atoms with Gasteiger partial charge in [-0.2, -0.15) is 0 Å². The molecule has 2 aliphatic carbocycles. The second-order valence-electron chi connectivity index (χ2n) is 13.6. The van der Waals surface area contributed by atoms with Crippen LogP contribution in [0.25, 0.3) is 0 Å². The fourth-order valence-corrected chi connectivity index (χ4v) is 5.78. The summed E-state index contributed by atoms with van der Waals surface area (Å²) in [6.45, 7) is 20.1. The smallest absolute Gasteiger partial charge is 0.187 e. The monoisotopic (exact) mass is 598 g/mol. The molecule has 3 atom stereocenters. The van der Waals surface area contributed by atoms with Gasteiger partial charge in [-0.25, -0.2) is 0 Å². The molecule has 4 heteroatoms. The Bertz CT molecular complexity index is 1410. The van der Waals surface area contributed by atoms with Gasteiger partial charge < -0.3 is 15.3 Å². The van der Waals surface area contributed by atoms with Crippen molar-refractivity contribution >= 4 is 5.78 Å². The largest absolute Gasteiger partial charge is 0.390 e. The lowest BCUT2D eigenvalue weighted by atomic mass is 9.69. The normalized spacial score (nSPS) is 26.2. The molecule has 2 aliphatic rings.